The lowest BCUT2D eigenvalue weighted by atomic mass is 10.1. The first-order chi connectivity index (χ1) is 14.0. The maximum atomic E-state index is 12.6. The Morgan fingerprint density at radius 1 is 1.10 bits per heavy atom. The molecule has 3 rings (SSSR count). The summed E-state index contributed by atoms with van der Waals surface area (Å²) < 4.78 is 16.0. The van der Waals surface area contributed by atoms with Gasteiger partial charge in [0.05, 0.1) is 19.8 Å². The van der Waals surface area contributed by atoms with E-state index >= 15 is 0 Å². The zero-order valence-corrected chi connectivity index (χ0v) is 15.9. The standard InChI is InChI=1S/C21H20N2O6/c1-22-21(26)23-20(25)19(13-6-4-3-5-7-13)29-18(24)10-14-12-28-17-11-15(27-2)8-9-16(14)17/h3-9,11-12,19H,10H2,1-2H3,(H2,22,23,25,26)/t19-/m1/s1. The summed E-state index contributed by atoms with van der Waals surface area (Å²) in [6, 6.07) is 13.0. The number of carbonyl (C=O) groups is 3. The number of imide groups is 1. The van der Waals surface area contributed by atoms with Crippen molar-refractivity contribution >= 4 is 28.9 Å². The van der Waals surface area contributed by atoms with Gasteiger partial charge >= 0.3 is 12.0 Å². The Morgan fingerprint density at radius 2 is 1.86 bits per heavy atom. The number of benzene rings is 2. The largest absolute Gasteiger partial charge is 0.497 e. The molecule has 8 nitrogen and oxygen atoms in total. The predicted octanol–water partition coefficient (Wildman–Crippen LogP) is 2.72. The molecule has 1 heterocycles. The normalized spacial score (nSPS) is 11.5. The molecule has 0 radical (unpaired) electrons. The molecule has 0 aliphatic rings. The number of hydrogen-bond donors (Lipinski definition) is 2. The summed E-state index contributed by atoms with van der Waals surface area (Å²) in [5, 5.41) is 5.17. The van der Waals surface area contributed by atoms with Crippen molar-refractivity contribution in [3.05, 3.63) is 65.9 Å². The SMILES string of the molecule is CNC(=O)NC(=O)[C@H](OC(=O)Cc1coc2cc(OC)ccc12)c1ccccc1. The predicted molar refractivity (Wildman–Crippen MR) is 104 cm³/mol. The smallest absolute Gasteiger partial charge is 0.321 e. The lowest BCUT2D eigenvalue weighted by Crippen LogP contribution is -2.41. The molecule has 150 valence electrons. The number of rotatable bonds is 6. The van der Waals surface area contributed by atoms with E-state index in [1.807, 2.05) is 0 Å². The van der Waals surface area contributed by atoms with Gasteiger partial charge in [-0.15, -0.1) is 0 Å². The minimum atomic E-state index is -1.26. The van der Waals surface area contributed by atoms with Gasteiger partial charge in [0.15, 0.2) is 0 Å². The molecule has 8 heteroatoms. The van der Waals surface area contributed by atoms with Gasteiger partial charge in [0.25, 0.3) is 5.91 Å². The molecule has 0 aliphatic carbocycles. The fourth-order valence-electron chi connectivity index (χ4n) is 2.80. The van der Waals surface area contributed by atoms with E-state index in [0.29, 0.717) is 22.5 Å². The molecule has 2 N–H and O–H groups in total. The van der Waals surface area contributed by atoms with Crippen molar-refractivity contribution in [3.8, 4) is 5.75 Å². The Labute approximate surface area is 166 Å². The summed E-state index contributed by atoms with van der Waals surface area (Å²) in [4.78, 5) is 36.5. The highest BCUT2D eigenvalue weighted by Crippen LogP contribution is 2.27. The molecular formula is C21H20N2O6. The minimum Gasteiger partial charge on any atom is -0.497 e. The maximum Gasteiger partial charge on any atom is 0.321 e. The first kappa shape index (κ1) is 19.9. The second kappa shape index (κ2) is 8.92. The summed E-state index contributed by atoms with van der Waals surface area (Å²) in [5.41, 5.74) is 1.64. The third-order valence-corrected chi connectivity index (χ3v) is 4.25. The Kier molecular flexibility index (Phi) is 6.13. The van der Waals surface area contributed by atoms with Crippen LogP contribution in [0.5, 0.6) is 5.75 Å². The number of nitrogens with one attached hydrogen (secondary N) is 2. The topological polar surface area (TPSA) is 107 Å². The van der Waals surface area contributed by atoms with Crippen LogP contribution in [0.15, 0.2) is 59.2 Å². The summed E-state index contributed by atoms with van der Waals surface area (Å²) in [7, 11) is 2.93. The van der Waals surface area contributed by atoms with Gasteiger partial charge in [0.2, 0.25) is 6.10 Å². The van der Waals surface area contributed by atoms with Crippen LogP contribution in [0.4, 0.5) is 4.79 Å². The molecule has 3 amide bonds. The van der Waals surface area contributed by atoms with Crippen LogP contribution in [0.3, 0.4) is 0 Å². The van der Waals surface area contributed by atoms with E-state index in [4.69, 9.17) is 13.9 Å². The Hall–Kier alpha value is -3.81. The average molecular weight is 396 g/mol. The number of urea groups is 1. The molecule has 0 bridgehead atoms. The highest BCUT2D eigenvalue weighted by molar-refractivity contribution is 5.98. The van der Waals surface area contributed by atoms with Crippen LogP contribution in [-0.4, -0.2) is 32.1 Å². The molecule has 0 spiro atoms. The first-order valence-corrected chi connectivity index (χ1v) is 8.83. The van der Waals surface area contributed by atoms with Crippen LogP contribution >= 0.6 is 0 Å². The van der Waals surface area contributed by atoms with E-state index in [1.54, 1.807) is 55.6 Å². The Balaban J connectivity index is 1.78. The number of fused-ring (bicyclic) bond motifs is 1. The zero-order valence-electron chi connectivity index (χ0n) is 15.9. The fourth-order valence-corrected chi connectivity index (χ4v) is 2.80. The van der Waals surface area contributed by atoms with Crippen molar-refractivity contribution in [2.24, 2.45) is 0 Å². The van der Waals surface area contributed by atoms with Gasteiger partial charge in [0, 0.05) is 29.6 Å². The van der Waals surface area contributed by atoms with E-state index in [2.05, 4.69) is 10.6 Å². The maximum absolute atomic E-state index is 12.6. The van der Waals surface area contributed by atoms with Crippen molar-refractivity contribution in [1.29, 1.82) is 0 Å². The van der Waals surface area contributed by atoms with Crippen molar-refractivity contribution < 1.29 is 28.3 Å². The number of esters is 1. The summed E-state index contributed by atoms with van der Waals surface area (Å²) in [5.74, 6) is -0.744. The highest BCUT2D eigenvalue weighted by Gasteiger charge is 2.27. The van der Waals surface area contributed by atoms with E-state index < -0.39 is 24.0 Å². The lowest BCUT2D eigenvalue weighted by Gasteiger charge is -2.17. The first-order valence-electron chi connectivity index (χ1n) is 8.83. The molecule has 0 saturated carbocycles. The third-order valence-electron chi connectivity index (χ3n) is 4.25. The zero-order chi connectivity index (χ0) is 20.8. The van der Waals surface area contributed by atoms with Crippen LogP contribution in [0.1, 0.15) is 17.2 Å². The van der Waals surface area contributed by atoms with Gasteiger partial charge in [-0.3, -0.25) is 14.9 Å². The highest BCUT2D eigenvalue weighted by atomic mass is 16.5. The van der Waals surface area contributed by atoms with E-state index in [9.17, 15) is 14.4 Å². The van der Waals surface area contributed by atoms with Gasteiger partial charge in [-0.05, 0) is 12.1 Å². The van der Waals surface area contributed by atoms with Crippen molar-refractivity contribution in [2.45, 2.75) is 12.5 Å². The van der Waals surface area contributed by atoms with Crippen LogP contribution in [0.2, 0.25) is 0 Å². The van der Waals surface area contributed by atoms with Gasteiger partial charge in [-0.1, -0.05) is 30.3 Å². The van der Waals surface area contributed by atoms with Crippen molar-refractivity contribution in [2.75, 3.05) is 14.2 Å². The second-order valence-corrected chi connectivity index (χ2v) is 6.15. The van der Waals surface area contributed by atoms with Gasteiger partial charge in [-0.2, -0.15) is 0 Å². The quantitative estimate of drug-likeness (QED) is 0.621. The van der Waals surface area contributed by atoms with E-state index in [1.165, 1.54) is 13.3 Å². The monoisotopic (exact) mass is 396 g/mol. The summed E-state index contributed by atoms with van der Waals surface area (Å²) in [6.45, 7) is 0. The molecule has 3 aromatic rings. The van der Waals surface area contributed by atoms with Gasteiger partial charge in [0.1, 0.15) is 11.3 Å². The van der Waals surface area contributed by atoms with Crippen LogP contribution < -0.4 is 15.4 Å². The molecule has 0 aliphatic heterocycles. The molecule has 0 fully saturated rings. The lowest BCUT2D eigenvalue weighted by molar-refractivity contribution is -0.155. The number of methoxy groups -OCH3 is 1. The van der Waals surface area contributed by atoms with Crippen molar-refractivity contribution in [1.82, 2.24) is 10.6 Å². The molecule has 2 aromatic carbocycles. The molecule has 0 unspecified atom stereocenters. The number of amides is 3. The van der Waals surface area contributed by atoms with Gasteiger partial charge in [-0.25, -0.2) is 4.79 Å². The Morgan fingerprint density at radius 3 is 2.55 bits per heavy atom. The van der Waals surface area contributed by atoms with E-state index in [0.717, 1.165) is 5.39 Å². The number of hydrogen-bond acceptors (Lipinski definition) is 6. The van der Waals surface area contributed by atoms with Crippen molar-refractivity contribution in [3.63, 3.8) is 0 Å². The molecule has 29 heavy (non-hydrogen) atoms. The summed E-state index contributed by atoms with van der Waals surface area (Å²) in [6.07, 6.45) is 0.0999. The number of ether oxygens (including phenoxy) is 2. The third kappa shape index (κ3) is 4.73. The fraction of sp³-hybridized carbons (Fsp3) is 0.190. The Bertz CT molecular complexity index is 1030. The minimum absolute atomic E-state index is 0.101. The summed E-state index contributed by atoms with van der Waals surface area (Å²) >= 11 is 0. The average Bonchev–Trinajstić information content (AvgIpc) is 3.14. The molecule has 0 saturated heterocycles. The van der Waals surface area contributed by atoms with E-state index in [-0.39, 0.29) is 6.42 Å². The van der Waals surface area contributed by atoms with Gasteiger partial charge < -0.3 is 19.2 Å². The van der Waals surface area contributed by atoms with Crippen LogP contribution in [-0.2, 0) is 20.7 Å². The van der Waals surface area contributed by atoms with Crippen LogP contribution in [0, 0.1) is 0 Å². The molecule has 1 aromatic heterocycles. The molecular weight excluding hydrogens is 376 g/mol. The number of carbonyl (C=O) groups excluding carboxylic acids is 3. The molecule has 1 atom stereocenters. The van der Waals surface area contributed by atoms with Crippen LogP contribution in [0.25, 0.3) is 11.0 Å². The second-order valence-electron chi connectivity index (χ2n) is 6.15. The number of furan rings is 1.